The molecule has 1 aliphatic rings. The number of amides is 1. The van der Waals surface area contributed by atoms with E-state index in [0.717, 1.165) is 0 Å². The average molecular weight is 515 g/mol. The SMILES string of the molecule is Cc1ccc(S(=O)(=O)N2CCOCC2)cc1NC(=O)COC(=O)CCc1nc2ccccc2c(=O)[nH]1. The highest BCUT2D eigenvalue weighted by atomic mass is 32.2. The second kappa shape index (κ2) is 11.0. The van der Waals surface area contributed by atoms with Crippen molar-refractivity contribution in [2.45, 2.75) is 24.7 Å². The Kier molecular flexibility index (Phi) is 7.77. The zero-order valence-electron chi connectivity index (χ0n) is 19.7. The molecule has 0 aliphatic carbocycles. The summed E-state index contributed by atoms with van der Waals surface area (Å²) >= 11 is 0. The summed E-state index contributed by atoms with van der Waals surface area (Å²) in [7, 11) is -3.73. The van der Waals surface area contributed by atoms with E-state index in [-0.39, 0.29) is 36.4 Å². The van der Waals surface area contributed by atoms with Crippen LogP contribution in [0.4, 0.5) is 5.69 Å². The van der Waals surface area contributed by atoms with Crippen LogP contribution in [0.15, 0.2) is 52.2 Å². The molecule has 0 atom stereocenters. The summed E-state index contributed by atoms with van der Waals surface area (Å²) in [5, 5.41) is 3.05. The molecule has 0 radical (unpaired) electrons. The molecule has 4 rings (SSSR count). The van der Waals surface area contributed by atoms with Crippen molar-refractivity contribution in [2.75, 3.05) is 38.2 Å². The summed E-state index contributed by atoms with van der Waals surface area (Å²) < 4.78 is 37.4. The molecule has 1 amide bonds. The fourth-order valence-electron chi connectivity index (χ4n) is 3.71. The Morgan fingerprint density at radius 1 is 1.17 bits per heavy atom. The van der Waals surface area contributed by atoms with Crippen molar-refractivity contribution in [3.8, 4) is 0 Å². The quantitative estimate of drug-likeness (QED) is 0.428. The maximum Gasteiger partial charge on any atom is 0.306 e. The highest BCUT2D eigenvalue weighted by Gasteiger charge is 2.27. The topological polar surface area (TPSA) is 148 Å². The third-order valence-corrected chi connectivity index (χ3v) is 7.58. The van der Waals surface area contributed by atoms with Gasteiger partial charge in [0.1, 0.15) is 5.82 Å². The lowest BCUT2D eigenvalue weighted by atomic mass is 10.2. The molecule has 1 fully saturated rings. The maximum absolute atomic E-state index is 12.9. The summed E-state index contributed by atoms with van der Waals surface area (Å²) in [5.74, 6) is -0.903. The number of aromatic amines is 1. The molecule has 0 spiro atoms. The summed E-state index contributed by atoms with van der Waals surface area (Å²) in [6, 6.07) is 11.4. The largest absolute Gasteiger partial charge is 0.456 e. The number of benzene rings is 2. The number of rotatable bonds is 8. The first-order valence-electron chi connectivity index (χ1n) is 11.4. The molecule has 1 aromatic heterocycles. The molecule has 2 heterocycles. The fraction of sp³-hybridized carbons (Fsp3) is 0.333. The van der Waals surface area contributed by atoms with E-state index in [2.05, 4.69) is 15.3 Å². The monoisotopic (exact) mass is 514 g/mol. The number of fused-ring (bicyclic) bond motifs is 1. The number of esters is 1. The molecular formula is C24H26N4O7S. The first-order valence-corrected chi connectivity index (χ1v) is 12.8. The number of morpholine rings is 1. The number of carbonyl (C=O) groups excluding carboxylic acids is 2. The molecule has 2 aromatic carbocycles. The number of nitrogens with zero attached hydrogens (tertiary/aromatic N) is 2. The number of hydrogen-bond acceptors (Lipinski definition) is 8. The van der Waals surface area contributed by atoms with Crippen LogP contribution in [0.3, 0.4) is 0 Å². The van der Waals surface area contributed by atoms with E-state index in [9.17, 15) is 22.8 Å². The minimum atomic E-state index is -3.73. The van der Waals surface area contributed by atoms with E-state index in [1.54, 1.807) is 37.3 Å². The number of carbonyl (C=O) groups is 2. The maximum atomic E-state index is 12.9. The lowest BCUT2D eigenvalue weighted by Crippen LogP contribution is -2.40. The van der Waals surface area contributed by atoms with Gasteiger partial charge in [0.15, 0.2) is 6.61 Å². The van der Waals surface area contributed by atoms with Gasteiger partial charge in [-0.2, -0.15) is 4.31 Å². The van der Waals surface area contributed by atoms with Gasteiger partial charge in [0, 0.05) is 25.2 Å². The van der Waals surface area contributed by atoms with Gasteiger partial charge in [-0.05, 0) is 36.8 Å². The van der Waals surface area contributed by atoms with Crippen LogP contribution < -0.4 is 10.9 Å². The van der Waals surface area contributed by atoms with Crippen LogP contribution in [-0.4, -0.2) is 67.5 Å². The predicted molar refractivity (Wildman–Crippen MR) is 131 cm³/mol. The van der Waals surface area contributed by atoms with Gasteiger partial charge in [-0.3, -0.25) is 14.4 Å². The number of sulfonamides is 1. The van der Waals surface area contributed by atoms with Gasteiger partial charge in [-0.25, -0.2) is 13.4 Å². The van der Waals surface area contributed by atoms with E-state index in [1.807, 2.05) is 0 Å². The number of aryl methyl sites for hydroxylation is 2. The lowest BCUT2D eigenvalue weighted by molar-refractivity contribution is -0.147. The Labute approximate surface area is 207 Å². The minimum absolute atomic E-state index is 0.0548. The molecule has 0 saturated carbocycles. The van der Waals surface area contributed by atoms with Gasteiger partial charge < -0.3 is 19.8 Å². The Balaban J connectivity index is 1.32. The van der Waals surface area contributed by atoms with Crippen molar-refractivity contribution in [1.29, 1.82) is 0 Å². The van der Waals surface area contributed by atoms with Gasteiger partial charge >= 0.3 is 5.97 Å². The van der Waals surface area contributed by atoms with Crippen LogP contribution in [0, 0.1) is 6.92 Å². The van der Waals surface area contributed by atoms with Crippen LogP contribution in [0.2, 0.25) is 0 Å². The minimum Gasteiger partial charge on any atom is -0.456 e. The van der Waals surface area contributed by atoms with Crippen molar-refractivity contribution < 1.29 is 27.5 Å². The first kappa shape index (κ1) is 25.5. The number of aromatic nitrogens is 2. The standard InChI is InChI=1S/C24H26N4O7S/c1-16-6-7-17(36(32,33)28-10-12-34-13-11-28)14-20(16)26-22(29)15-35-23(30)9-8-21-25-19-5-3-2-4-18(19)24(31)27-21/h2-7,14H,8-13,15H2,1H3,(H,26,29)(H,25,27,31). The highest BCUT2D eigenvalue weighted by molar-refractivity contribution is 7.89. The van der Waals surface area contributed by atoms with Crippen LogP contribution in [0.5, 0.6) is 0 Å². The molecule has 190 valence electrons. The van der Waals surface area contributed by atoms with E-state index in [4.69, 9.17) is 9.47 Å². The molecule has 0 bridgehead atoms. The molecule has 12 heteroatoms. The van der Waals surface area contributed by atoms with Gasteiger partial charge in [0.05, 0.1) is 35.4 Å². The second-order valence-electron chi connectivity index (χ2n) is 8.23. The van der Waals surface area contributed by atoms with E-state index < -0.39 is 28.5 Å². The smallest absolute Gasteiger partial charge is 0.306 e. The van der Waals surface area contributed by atoms with Crippen molar-refractivity contribution in [3.63, 3.8) is 0 Å². The molecule has 1 saturated heterocycles. The average Bonchev–Trinajstić information content (AvgIpc) is 2.88. The van der Waals surface area contributed by atoms with Crippen molar-refractivity contribution in [3.05, 3.63) is 64.2 Å². The normalized spacial score (nSPS) is 14.5. The fourth-order valence-corrected chi connectivity index (χ4v) is 5.15. The van der Waals surface area contributed by atoms with Crippen molar-refractivity contribution >= 4 is 38.5 Å². The van der Waals surface area contributed by atoms with Crippen molar-refractivity contribution in [1.82, 2.24) is 14.3 Å². The molecule has 3 aromatic rings. The second-order valence-corrected chi connectivity index (χ2v) is 10.2. The molecule has 1 aliphatic heterocycles. The lowest BCUT2D eigenvalue weighted by Gasteiger charge is -2.26. The molecule has 36 heavy (non-hydrogen) atoms. The van der Waals surface area contributed by atoms with Crippen LogP contribution in [0.25, 0.3) is 10.9 Å². The van der Waals surface area contributed by atoms with Crippen molar-refractivity contribution in [2.24, 2.45) is 0 Å². The zero-order valence-corrected chi connectivity index (χ0v) is 20.5. The Hall–Kier alpha value is -3.61. The van der Waals surface area contributed by atoms with Gasteiger partial charge in [-0.1, -0.05) is 18.2 Å². The van der Waals surface area contributed by atoms with Gasteiger partial charge in [-0.15, -0.1) is 0 Å². The first-order chi connectivity index (χ1) is 17.2. The van der Waals surface area contributed by atoms with Crippen LogP contribution in [-0.2, 0) is 35.5 Å². The Morgan fingerprint density at radius 3 is 2.69 bits per heavy atom. The third kappa shape index (κ3) is 5.96. The highest BCUT2D eigenvalue weighted by Crippen LogP contribution is 2.23. The summed E-state index contributed by atoms with van der Waals surface area (Å²) in [6.07, 6.45) is 0.0575. The molecular weight excluding hydrogens is 488 g/mol. The number of ether oxygens (including phenoxy) is 2. The molecule has 2 N–H and O–H groups in total. The van der Waals surface area contributed by atoms with E-state index in [1.165, 1.54) is 16.4 Å². The molecule has 11 nitrogen and oxygen atoms in total. The number of nitrogens with one attached hydrogen (secondary N) is 2. The zero-order chi connectivity index (χ0) is 25.7. The predicted octanol–water partition coefficient (Wildman–Crippen LogP) is 1.37. The van der Waals surface area contributed by atoms with Gasteiger partial charge in [0.25, 0.3) is 11.5 Å². The van der Waals surface area contributed by atoms with Crippen LogP contribution in [0.1, 0.15) is 17.8 Å². The summed E-state index contributed by atoms with van der Waals surface area (Å²) in [4.78, 5) is 43.7. The van der Waals surface area contributed by atoms with Gasteiger partial charge in [0.2, 0.25) is 10.0 Å². The summed E-state index contributed by atoms with van der Waals surface area (Å²) in [5.41, 5.74) is 1.19. The Bertz CT molecular complexity index is 1450. The number of H-pyrrole nitrogens is 1. The number of anilines is 1. The summed E-state index contributed by atoms with van der Waals surface area (Å²) in [6.45, 7) is 2.36. The Morgan fingerprint density at radius 2 is 1.92 bits per heavy atom. The van der Waals surface area contributed by atoms with E-state index in [0.29, 0.717) is 41.2 Å². The van der Waals surface area contributed by atoms with Crippen LogP contribution >= 0.6 is 0 Å². The third-order valence-electron chi connectivity index (χ3n) is 5.68. The molecule has 0 unspecified atom stereocenters. The number of hydrogen-bond donors (Lipinski definition) is 2. The van der Waals surface area contributed by atoms with E-state index >= 15 is 0 Å². The number of para-hydroxylation sites is 1.